The van der Waals surface area contributed by atoms with Crippen molar-refractivity contribution in [2.45, 2.75) is 18.9 Å². The molecular formula is C12H16N2O3S. The van der Waals surface area contributed by atoms with Gasteiger partial charge >= 0.3 is 0 Å². The standard InChI is InChI=1S/C12H16N2O3S/c15-9-7-14(8-9)11(16)4-1-5-13-12(17)10-3-2-6-18-10/h2-3,6,9,15H,1,4-5,7-8H2,(H,13,17). The molecule has 2 amide bonds. The largest absolute Gasteiger partial charge is 0.389 e. The van der Waals surface area contributed by atoms with Crippen LogP contribution in [0, 0.1) is 0 Å². The first-order valence-corrected chi connectivity index (χ1v) is 6.82. The lowest BCUT2D eigenvalue weighted by Gasteiger charge is -2.35. The maximum atomic E-state index is 11.6. The molecule has 1 aliphatic rings. The van der Waals surface area contributed by atoms with Crippen LogP contribution in [0.25, 0.3) is 0 Å². The summed E-state index contributed by atoms with van der Waals surface area (Å²) in [5.74, 6) is -0.0394. The van der Waals surface area contributed by atoms with Crippen molar-refractivity contribution in [2.24, 2.45) is 0 Å². The zero-order chi connectivity index (χ0) is 13.0. The predicted octanol–water partition coefficient (Wildman–Crippen LogP) is 0.461. The number of hydrogen-bond acceptors (Lipinski definition) is 4. The second-order valence-corrected chi connectivity index (χ2v) is 5.24. The number of carbonyl (C=O) groups is 2. The summed E-state index contributed by atoms with van der Waals surface area (Å²) in [4.78, 5) is 25.4. The number of thiophene rings is 1. The number of nitrogens with zero attached hydrogens (tertiary/aromatic N) is 1. The highest BCUT2D eigenvalue weighted by Gasteiger charge is 2.27. The topological polar surface area (TPSA) is 69.6 Å². The highest BCUT2D eigenvalue weighted by molar-refractivity contribution is 7.12. The summed E-state index contributed by atoms with van der Waals surface area (Å²) < 4.78 is 0. The second kappa shape index (κ2) is 5.97. The molecule has 0 spiro atoms. The van der Waals surface area contributed by atoms with Crippen molar-refractivity contribution in [3.8, 4) is 0 Å². The lowest BCUT2D eigenvalue weighted by atomic mass is 10.1. The average Bonchev–Trinajstić information content (AvgIpc) is 2.83. The fraction of sp³-hybridized carbons (Fsp3) is 0.500. The molecule has 18 heavy (non-hydrogen) atoms. The van der Waals surface area contributed by atoms with Gasteiger partial charge in [0.05, 0.1) is 11.0 Å². The van der Waals surface area contributed by atoms with E-state index in [0.29, 0.717) is 37.4 Å². The van der Waals surface area contributed by atoms with Gasteiger partial charge in [0, 0.05) is 26.1 Å². The molecule has 2 N–H and O–H groups in total. The number of hydrogen-bond donors (Lipinski definition) is 2. The molecule has 2 heterocycles. The van der Waals surface area contributed by atoms with Gasteiger partial charge < -0.3 is 15.3 Å². The van der Waals surface area contributed by atoms with Gasteiger partial charge in [0.25, 0.3) is 5.91 Å². The summed E-state index contributed by atoms with van der Waals surface area (Å²) in [6.45, 7) is 1.39. The lowest BCUT2D eigenvalue weighted by Crippen LogP contribution is -2.53. The molecule has 0 aromatic carbocycles. The van der Waals surface area contributed by atoms with Crippen LogP contribution in [0.3, 0.4) is 0 Å². The van der Waals surface area contributed by atoms with E-state index in [2.05, 4.69) is 5.32 Å². The Bertz CT molecular complexity index is 413. The highest BCUT2D eigenvalue weighted by Crippen LogP contribution is 2.10. The zero-order valence-corrected chi connectivity index (χ0v) is 10.8. The van der Waals surface area contributed by atoms with Gasteiger partial charge in [0.15, 0.2) is 0 Å². The first-order valence-electron chi connectivity index (χ1n) is 5.94. The molecular weight excluding hydrogens is 252 g/mol. The van der Waals surface area contributed by atoms with E-state index in [0.717, 1.165) is 0 Å². The van der Waals surface area contributed by atoms with Gasteiger partial charge in [-0.05, 0) is 17.9 Å². The summed E-state index contributed by atoms with van der Waals surface area (Å²) in [5, 5.41) is 13.7. The SMILES string of the molecule is O=C(NCCCC(=O)N1CC(O)C1)c1cccs1. The average molecular weight is 268 g/mol. The molecule has 0 bridgehead atoms. The van der Waals surface area contributed by atoms with Gasteiger partial charge in [-0.2, -0.15) is 0 Å². The van der Waals surface area contributed by atoms with E-state index < -0.39 is 0 Å². The van der Waals surface area contributed by atoms with Crippen LogP contribution in [-0.4, -0.2) is 47.6 Å². The van der Waals surface area contributed by atoms with Gasteiger partial charge in [0.1, 0.15) is 0 Å². The van der Waals surface area contributed by atoms with Crippen molar-refractivity contribution in [3.05, 3.63) is 22.4 Å². The maximum Gasteiger partial charge on any atom is 0.261 e. The fourth-order valence-corrected chi connectivity index (χ4v) is 2.39. The Labute approximate surface area is 109 Å². The first kappa shape index (κ1) is 13.0. The van der Waals surface area contributed by atoms with Gasteiger partial charge in [-0.15, -0.1) is 11.3 Å². The third-order valence-corrected chi connectivity index (χ3v) is 3.68. The van der Waals surface area contributed by atoms with Gasteiger partial charge in [-0.3, -0.25) is 9.59 Å². The Morgan fingerprint density at radius 1 is 1.50 bits per heavy atom. The Morgan fingerprint density at radius 2 is 2.28 bits per heavy atom. The van der Waals surface area contributed by atoms with E-state index in [1.807, 2.05) is 11.4 Å². The molecule has 1 saturated heterocycles. The minimum Gasteiger partial charge on any atom is -0.389 e. The van der Waals surface area contributed by atoms with Crippen LogP contribution in [-0.2, 0) is 4.79 Å². The van der Waals surface area contributed by atoms with E-state index in [9.17, 15) is 9.59 Å². The zero-order valence-electron chi connectivity index (χ0n) is 9.96. The van der Waals surface area contributed by atoms with Crippen LogP contribution in [0.4, 0.5) is 0 Å². The van der Waals surface area contributed by atoms with Crippen LogP contribution in [0.2, 0.25) is 0 Å². The Kier molecular flexibility index (Phi) is 4.33. The minimum atomic E-state index is -0.354. The second-order valence-electron chi connectivity index (χ2n) is 4.29. The molecule has 0 atom stereocenters. The summed E-state index contributed by atoms with van der Waals surface area (Å²) in [7, 11) is 0. The van der Waals surface area contributed by atoms with E-state index in [-0.39, 0.29) is 17.9 Å². The van der Waals surface area contributed by atoms with Crippen molar-refractivity contribution in [2.75, 3.05) is 19.6 Å². The Morgan fingerprint density at radius 3 is 2.89 bits per heavy atom. The van der Waals surface area contributed by atoms with E-state index in [1.165, 1.54) is 11.3 Å². The number of amides is 2. The molecule has 5 nitrogen and oxygen atoms in total. The molecule has 98 valence electrons. The lowest BCUT2D eigenvalue weighted by molar-refractivity contribution is -0.141. The smallest absolute Gasteiger partial charge is 0.261 e. The molecule has 1 aromatic heterocycles. The highest BCUT2D eigenvalue weighted by atomic mass is 32.1. The van der Waals surface area contributed by atoms with Crippen LogP contribution in [0.5, 0.6) is 0 Å². The van der Waals surface area contributed by atoms with Crippen molar-refractivity contribution in [1.82, 2.24) is 10.2 Å². The summed E-state index contributed by atoms with van der Waals surface area (Å²) in [5.41, 5.74) is 0. The van der Waals surface area contributed by atoms with Gasteiger partial charge in [-0.25, -0.2) is 0 Å². The number of β-amino-alcohol motifs (C(OH)–C–C–N with tert-alkyl or cyclic N) is 1. The number of aliphatic hydroxyl groups is 1. The molecule has 0 radical (unpaired) electrons. The Balaban J connectivity index is 1.59. The number of nitrogens with one attached hydrogen (secondary N) is 1. The van der Waals surface area contributed by atoms with Crippen molar-refractivity contribution >= 4 is 23.2 Å². The quantitative estimate of drug-likeness (QED) is 0.762. The minimum absolute atomic E-state index is 0.0469. The van der Waals surface area contributed by atoms with Crippen LogP contribution in [0.15, 0.2) is 17.5 Å². The molecule has 1 fully saturated rings. The predicted molar refractivity (Wildman–Crippen MR) is 68.5 cm³/mol. The molecule has 1 aromatic rings. The van der Waals surface area contributed by atoms with Crippen LogP contribution in [0.1, 0.15) is 22.5 Å². The third-order valence-electron chi connectivity index (χ3n) is 2.81. The summed E-state index contributed by atoms with van der Waals surface area (Å²) >= 11 is 1.40. The number of rotatable bonds is 5. The van der Waals surface area contributed by atoms with Crippen LogP contribution >= 0.6 is 11.3 Å². The fourth-order valence-electron chi connectivity index (χ4n) is 1.75. The monoisotopic (exact) mass is 268 g/mol. The molecule has 0 unspecified atom stereocenters. The van der Waals surface area contributed by atoms with E-state index in [4.69, 9.17) is 5.11 Å². The third kappa shape index (κ3) is 3.30. The van der Waals surface area contributed by atoms with Crippen molar-refractivity contribution in [1.29, 1.82) is 0 Å². The van der Waals surface area contributed by atoms with E-state index in [1.54, 1.807) is 11.0 Å². The van der Waals surface area contributed by atoms with Crippen molar-refractivity contribution < 1.29 is 14.7 Å². The summed E-state index contributed by atoms with van der Waals surface area (Å²) in [6, 6.07) is 3.60. The number of aliphatic hydroxyl groups excluding tert-OH is 1. The van der Waals surface area contributed by atoms with Crippen molar-refractivity contribution in [3.63, 3.8) is 0 Å². The van der Waals surface area contributed by atoms with E-state index >= 15 is 0 Å². The molecule has 0 aliphatic carbocycles. The molecule has 1 aliphatic heterocycles. The molecule has 0 saturated carbocycles. The number of likely N-dealkylation sites (tertiary alicyclic amines) is 1. The number of carbonyl (C=O) groups excluding carboxylic acids is 2. The van der Waals surface area contributed by atoms with Gasteiger partial charge in [-0.1, -0.05) is 6.07 Å². The maximum absolute atomic E-state index is 11.6. The normalized spacial score (nSPS) is 15.3. The van der Waals surface area contributed by atoms with Crippen LogP contribution < -0.4 is 5.32 Å². The first-order chi connectivity index (χ1) is 8.66. The summed E-state index contributed by atoms with van der Waals surface area (Å²) in [6.07, 6.45) is 0.687. The van der Waals surface area contributed by atoms with Gasteiger partial charge in [0.2, 0.25) is 5.91 Å². The molecule has 6 heteroatoms. The molecule has 2 rings (SSSR count). The Hall–Kier alpha value is -1.40.